The zero-order chi connectivity index (χ0) is 18.5. The van der Waals surface area contributed by atoms with E-state index in [1.807, 2.05) is 19.1 Å². The maximum Gasteiger partial charge on any atom is 0.225 e. The lowest BCUT2D eigenvalue weighted by Gasteiger charge is -2.14. The van der Waals surface area contributed by atoms with Crippen LogP contribution in [0, 0.1) is 12.7 Å². The number of aromatic nitrogens is 3. The number of nitrogens with zero attached hydrogens (tertiary/aromatic N) is 3. The van der Waals surface area contributed by atoms with E-state index in [0.29, 0.717) is 28.7 Å². The molecule has 0 fully saturated rings. The van der Waals surface area contributed by atoms with Crippen LogP contribution in [0.2, 0.25) is 0 Å². The molecule has 0 aliphatic carbocycles. The van der Waals surface area contributed by atoms with Crippen LogP contribution in [0.1, 0.15) is 12.5 Å². The van der Waals surface area contributed by atoms with E-state index in [0.717, 1.165) is 5.56 Å². The van der Waals surface area contributed by atoms with Gasteiger partial charge in [-0.2, -0.15) is 4.98 Å². The number of aryl methyl sites for hydroxylation is 1. The highest BCUT2D eigenvalue weighted by atomic mass is 19.1. The second kappa shape index (κ2) is 7.88. The molecular weight excluding hydrogens is 333 g/mol. The number of aliphatic hydroxyl groups excluding tert-OH is 1. The lowest BCUT2D eigenvalue weighted by Crippen LogP contribution is -2.21. The highest BCUT2D eigenvalue weighted by Crippen LogP contribution is 2.24. The van der Waals surface area contributed by atoms with E-state index in [2.05, 4.69) is 25.6 Å². The Morgan fingerprint density at radius 3 is 2.58 bits per heavy atom. The first-order valence-electron chi connectivity index (χ1n) is 8.25. The minimum absolute atomic E-state index is 0.0468. The van der Waals surface area contributed by atoms with Gasteiger partial charge >= 0.3 is 0 Å². The van der Waals surface area contributed by atoms with Gasteiger partial charge in [-0.1, -0.05) is 6.07 Å². The molecule has 1 aromatic carbocycles. The number of anilines is 3. The van der Waals surface area contributed by atoms with Crippen LogP contribution in [0.15, 0.2) is 48.8 Å². The van der Waals surface area contributed by atoms with E-state index < -0.39 is 0 Å². The fraction of sp³-hybridized carbons (Fsp3) is 0.211. The first-order chi connectivity index (χ1) is 12.5. The molecule has 1 atom stereocenters. The number of aliphatic hydroxyl groups is 1. The molecule has 0 spiro atoms. The molecular formula is C19H20FN5O. The molecule has 2 heterocycles. The summed E-state index contributed by atoms with van der Waals surface area (Å²) in [5, 5.41) is 15.4. The number of hydrogen-bond acceptors (Lipinski definition) is 6. The number of benzene rings is 1. The van der Waals surface area contributed by atoms with E-state index in [1.165, 1.54) is 6.07 Å². The van der Waals surface area contributed by atoms with Crippen molar-refractivity contribution in [3.63, 3.8) is 0 Å². The number of halogens is 1. The molecule has 0 radical (unpaired) electrons. The van der Waals surface area contributed by atoms with Crippen molar-refractivity contribution in [2.75, 3.05) is 17.2 Å². The molecule has 6 nitrogen and oxygen atoms in total. The molecule has 134 valence electrons. The van der Waals surface area contributed by atoms with Crippen LogP contribution in [-0.2, 0) is 0 Å². The summed E-state index contributed by atoms with van der Waals surface area (Å²) in [6.07, 6.45) is 3.37. The molecule has 3 N–H and O–H groups in total. The van der Waals surface area contributed by atoms with Crippen LogP contribution in [0.5, 0.6) is 0 Å². The molecule has 0 saturated heterocycles. The van der Waals surface area contributed by atoms with Gasteiger partial charge in [-0.3, -0.25) is 4.98 Å². The van der Waals surface area contributed by atoms with E-state index in [9.17, 15) is 9.50 Å². The van der Waals surface area contributed by atoms with Crippen molar-refractivity contribution in [1.82, 2.24) is 15.0 Å². The number of rotatable bonds is 6. The summed E-state index contributed by atoms with van der Waals surface area (Å²) in [5.74, 6) is 0.601. The Kier molecular flexibility index (Phi) is 5.38. The predicted molar refractivity (Wildman–Crippen MR) is 99.9 cm³/mol. The highest BCUT2D eigenvalue weighted by molar-refractivity contribution is 5.67. The van der Waals surface area contributed by atoms with Crippen molar-refractivity contribution in [3.05, 3.63) is 60.2 Å². The Bertz CT molecular complexity index is 888. The van der Waals surface area contributed by atoms with Gasteiger partial charge in [0, 0.05) is 35.8 Å². The van der Waals surface area contributed by atoms with Crippen molar-refractivity contribution in [3.8, 4) is 11.3 Å². The maximum absolute atomic E-state index is 13.8. The topological polar surface area (TPSA) is 83.0 Å². The predicted octanol–water partition coefficient (Wildman–Crippen LogP) is 3.52. The van der Waals surface area contributed by atoms with Gasteiger partial charge in [-0.05, 0) is 43.7 Å². The van der Waals surface area contributed by atoms with Crippen LogP contribution in [0.3, 0.4) is 0 Å². The van der Waals surface area contributed by atoms with Crippen LogP contribution in [-0.4, -0.2) is 32.7 Å². The summed E-state index contributed by atoms with van der Waals surface area (Å²) in [7, 11) is 0. The molecule has 26 heavy (non-hydrogen) atoms. The summed E-state index contributed by atoms with van der Waals surface area (Å²) in [6.45, 7) is 3.49. The Hall–Kier alpha value is -3.06. The Morgan fingerprint density at radius 1 is 1.12 bits per heavy atom. The van der Waals surface area contributed by atoms with E-state index in [-0.39, 0.29) is 18.5 Å². The second-order valence-corrected chi connectivity index (χ2v) is 6.01. The minimum atomic E-state index is -0.286. The molecule has 3 aromatic rings. The Labute approximate surface area is 151 Å². The van der Waals surface area contributed by atoms with Crippen LogP contribution >= 0.6 is 0 Å². The lowest BCUT2D eigenvalue weighted by molar-refractivity contribution is 0.281. The molecule has 0 unspecified atom stereocenters. The largest absolute Gasteiger partial charge is 0.394 e. The highest BCUT2D eigenvalue weighted by Gasteiger charge is 2.10. The first kappa shape index (κ1) is 17.8. The zero-order valence-corrected chi connectivity index (χ0v) is 14.6. The van der Waals surface area contributed by atoms with Gasteiger partial charge in [0.1, 0.15) is 11.6 Å². The van der Waals surface area contributed by atoms with Gasteiger partial charge in [-0.25, -0.2) is 9.37 Å². The summed E-state index contributed by atoms with van der Waals surface area (Å²) in [6, 6.07) is 10.2. The third kappa shape index (κ3) is 4.31. The molecule has 0 aliphatic rings. The lowest BCUT2D eigenvalue weighted by atomic mass is 10.2. The normalized spacial score (nSPS) is 11.8. The van der Waals surface area contributed by atoms with Crippen LogP contribution < -0.4 is 10.6 Å². The fourth-order valence-electron chi connectivity index (χ4n) is 2.33. The monoisotopic (exact) mass is 353 g/mol. The van der Waals surface area contributed by atoms with E-state index in [1.54, 1.807) is 37.5 Å². The van der Waals surface area contributed by atoms with E-state index in [4.69, 9.17) is 0 Å². The van der Waals surface area contributed by atoms with Gasteiger partial charge in [-0.15, -0.1) is 0 Å². The molecule has 0 saturated carbocycles. The smallest absolute Gasteiger partial charge is 0.225 e. The van der Waals surface area contributed by atoms with Gasteiger partial charge < -0.3 is 15.7 Å². The second-order valence-electron chi connectivity index (χ2n) is 6.01. The van der Waals surface area contributed by atoms with Gasteiger partial charge in [0.25, 0.3) is 0 Å². The maximum atomic E-state index is 13.8. The summed E-state index contributed by atoms with van der Waals surface area (Å²) in [4.78, 5) is 12.9. The summed E-state index contributed by atoms with van der Waals surface area (Å²) >= 11 is 0. The fourth-order valence-corrected chi connectivity index (χ4v) is 2.33. The average Bonchev–Trinajstić information content (AvgIpc) is 2.65. The van der Waals surface area contributed by atoms with Gasteiger partial charge in [0.05, 0.1) is 12.3 Å². The van der Waals surface area contributed by atoms with Crippen LogP contribution in [0.4, 0.5) is 21.8 Å². The molecule has 0 amide bonds. The Balaban J connectivity index is 1.97. The standard InChI is InChI=1S/C19H20FN5O/c1-12-3-4-15(9-16(12)20)23-18-10-17(14-5-7-21-8-6-14)24-19(25-18)22-13(2)11-26/h3-10,13,26H,11H2,1-2H3,(H2,22,23,24,25)/t13-/m1/s1. The first-order valence-corrected chi connectivity index (χ1v) is 8.25. The van der Waals surface area contributed by atoms with Crippen molar-refractivity contribution < 1.29 is 9.50 Å². The molecule has 0 aliphatic heterocycles. The SMILES string of the molecule is Cc1ccc(Nc2cc(-c3ccncc3)nc(N[C@H](C)CO)n2)cc1F. The van der Waals surface area contributed by atoms with E-state index >= 15 is 0 Å². The van der Waals surface area contributed by atoms with Crippen molar-refractivity contribution in [1.29, 1.82) is 0 Å². The minimum Gasteiger partial charge on any atom is -0.394 e. The third-order valence-corrected chi connectivity index (χ3v) is 3.80. The van der Waals surface area contributed by atoms with Gasteiger partial charge in [0.2, 0.25) is 5.95 Å². The quantitative estimate of drug-likeness (QED) is 0.629. The van der Waals surface area contributed by atoms with Gasteiger partial charge in [0.15, 0.2) is 0 Å². The number of hydrogen-bond donors (Lipinski definition) is 3. The number of nitrogens with one attached hydrogen (secondary N) is 2. The van der Waals surface area contributed by atoms with Crippen molar-refractivity contribution in [2.24, 2.45) is 0 Å². The molecule has 7 heteroatoms. The summed E-state index contributed by atoms with van der Waals surface area (Å²) < 4.78 is 13.8. The third-order valence-electron chi connectivity index (χ3n) is 3.80. The average molecular weight is 353 g/mol. The zero-order valence-electron chi connectivity index (χ0n) is 14.6. The molecule has 2 aromatic heterocycles. The van der Waals surface area contributed by atoms with Crippen molar-refractivity contribution in [2.45, 2.75) is 19.9 Å². The van der Waals surface area contributed by atoms with Crippen LogP contribution in [0.25, 0.3) is 11.3 Å². The summed E-state index contributed by atoms with van der Waals surface area (Å²) in [5.41, 5.74) is 2.73. The molecule has 0 bridgehead atoms. The Morgan fingerprint density at radius 2 is 1.88 bits per heavy atom. The van der Waals surface area contributed by atoms with Crippen molar-refractivity contribution >= 4 is 17.5 Å². The number of pyridine rings is 1. The molecule has 3 rings (SSSR count).